The minimum Gasteiger partial charge on any atom is -0.475 e. The minimum absolute atomic E-state index is 0.0145. The summed E-state index contributed by atoms with van der Waals surface area (Å²) in [5.41, 5.74) is 0. The summed E-state index contributed by atoms with van der Waals surface area (Å²) in [6, 6.07) is 3.97. The summed E-state index contributed by atoms with van der Waals surface area (Å²) >= 11 is 0. The Balaban J connectivity index is 1.61. The molecule has 2 aromatic rings. The number of imidazole rings is 1. The van der Waals surface area contributed by atoms with E-state index in [1.807, 2.05) is 12.5 Å². The van der Waals surface area contributed by atoms with E-state index in [0.29, 0.717) is 24.4 Å². The lowest BCUT2D eigenvalue weighted by Gasteiger charge is -2.21. The molecule has 1 fully saturated rings. The monoisotopic (exact) mass is 275 g/mol. The first-order valence-corrected chi connectivity index (χ1v) is 6.77. The molecule has 2 heterocycles. The summed E-state index contributed by atoms with van der Waals surface area (Å²) in [5, 5.41) is 12.3. The van der Waals surface area contributed by atoms with Gasteiger partial charge in [0.1, 0.15) is 5.76 Å². The van der Waals surface area contributed by atoms with Crippen LogP contribution in [0.25, 0.3) is 0 Å². The predicted molar refractivity (Wildman–Crippen MR) is 71.4 cm³/mol. The van der Waals surface area contributed by atoms with Crippen molar-refractivity contribution in [2.75, 3.05) is 0 Å². The van der Waals surface area contributed by atoms with Gasteiger partial charge in [0.05, 0.1) is 12.9 Å². The molecule has 0 amide bonds. The number of furan rings is 1. The van der Waals surface area contributed by atoms with Gasteiger partial charge in [-0.15, -0.1) is 0 Å². The number of rotatable bonds is 5. The van der Waals surface area contributed by atoms with Gasteiger partial charge in [-0.25, -0.2) is 9.78 Å². The Morgan fingerprint density at radius 2 is 2.40 bits per heavy atom. The highest BCUT2D eigenvalue weighted by molar-refractivity contribution is 5.84. The molecular weight excluding hydrogens is 258 g/mol. The second-order valence-corrected chi connectivity index (χ2v) is 5.07. The zero-order chi connectivity index (χ0) is 13.9. The van der Waals surface area contributed by atoms with Crippen molar-refractivity contribution >= 4 is 5.97 Å². The summed E-state index contributed by atoms with van der Waals surface area (Å²) in [5.74, 6) is -0.397. The number of aromatic nitrogens is 2. The third-order valence-corrected chi connectivity index (χ3v) is 3.80. The fraction of sp³-hybridized carbons (Fsp3) is 0.429. The third-order valence-electron chi connectivity index (χ3n) is 3.80. The normalized spacial score (nSPS) is 22.2. The Hall–Kier alpha value is -2.08. The Morgan fingerprint density at radius 1 is 1.50 bits per heavy atom. The number of carboxylic acids is 1. The molecule has 1 aliphatic rings. The van der Waals surface area contributed by atoms with Crippen LogP contribution in [0, 0.1) is 0 Å². The first kappa shape index (κ1) is 12.9. The molecule has 0 aliphatic heterocycles. The fourth-order valence-electron chi connectivity index (χ4n) is 2.82. The molecule has 0 bridgehead atoms. The van der Waals surface area contributed by atoms with Gasteiger partial charge in [-0.1, -0.05) is 0 Å². The molecule has 1 aliphatic carbocycles. The van der Waals surface area contributed by atoms with Gasteiger partial charge in [0.25, 0.3) is 0 Å². The van der Waals surface area contributed by atoms with Crippen LogP contribution in [0.3, 0.4) is 0 Å². The van der Waals surface area contributed by atoms with Crippen LogP contribution in [0.1, 0.15) is 41.6 Å². The smallest absolute Gasteiger partial charge is 0.371 e. The second kappa shape index (κ2) is 5.50. The van der Waals surface area contributed by atoms with Crippen LogP contribution >= 0.6 is 0 Å². The Morgan fingerprint density at radius 3 is 3.10 bits per heavy atom. The number of nitrogens with zero attached hydrogens (tertiary/aromatic N) is 2. The molecule has 1 saturated carbocycles. The molecule has 0 spiro atoms. The molecule has 2 N–H and O–H groups in total. The van der Waals surface area contributed by atoms with E-state index in [4.69, 9.17) is 9.52 Å². The van der Waals surface area contributed by atoms with Crippen LogP contribution in [0.15, 0.2) is 35.3 Å². The lowest BCUT2D eigenvalue weighted by atomic mass is 10.1. The van der Waals surface area contributed by atoms with Gasteiger partial charge in [0, 0.05) is 24.5 Å². The van der Waals surface area contributed by atoms with Crippen LogP contribution in [-0.4, -0.2) is 26.7 Å². The first-order valence-electron chi connectivity index (χ1n) is 6.77. The van der Waals surface area contributed by atoms with Gasteiger partial charge >= 0.3 is 5.97 Å². The van der Waals surface area contributed by atoms with E-state index in [9.17, 15) is 4.79 Å². The maximum Gasteiger partial charge on any atom is 0.371 e. The van der Waals surface area contributed by atoms with Gasteiger partial charge in [0.2, 0.25) is 5.76 Å². The Kier molecular flexibility index (Phi) is 3.56. The molecule has 2 atom stereocenters. The number of hydrogen-bond donors (Lipinski definition) is 2. The third kappa shape index (κ3) is 2.60. The molecule has 0 aromatic carbocycles. The molecule has 6 nitrogen and oxygen atoms in total. The lowest BCUT2D eigenvalue weighted by molar-refractivity contribution is 0.0660. The minimum atomic E-state index is -1.03. The fourth-order valence-corrected chi connectivity index (χ4v) is 2.82. The van der Waals surface area contributed by atoms with Crippen LogP contribution in [0.5, 0.6) is 0 Å². The standard InChI is InChI=1S/C14H17N3O3/c18-14(19)13-5-4-10(20-13)8-16-11-2-1-3-12(11)17-7-6-15-9-17/h4-7,9,11-12,16H,1-3,8H2,(H,18,19). The maximum atomic E-state index is 10.8. The summed E-state index contributed by atoms with van der Waals surface area (Å²) in [4.78, 5) is 14.9. The van der Waals surface area contributed by atoms with Gasteiger partial charge in [-0.05, 0) is 31.4 Å². The van der Waals surface area contributed by atoms with Gasteiger partial charge in [-0.3, -0.25) is 0 Å². The Bertz CT molecular complexity index is 576. The highest BCUT2D eigenvalue weighted by atomic mass is 16.4. The summed E-state index contributed by atoms with van der Waals surface area (Å²) in [6.07, 6.45) is 9.04. The van der Waals surface area contributed by atoms with Gasteiger partial charge in [0.15, 0.2) is 0 Å². The summed E-state index contributed by atoms with van der Waals surface area (Å²) < 4.78 is 7.38. The average Bonchev–Trinajstić information content (AvgIpc) is 3.17. The van der Waals surface area contributed by atoms with Crippen molar-refractivity contribution in [1.82, 2.24) is 14.9 Å². The highest BCUT2D eigenvalue weighted by Gasteiger charge is 2.28. The van der Waals surface area contributed by atoms with E-state index in [1.54, 1.807) is 12.3 Å². The summed E-state index contributed by atoms with van der Waals surface area (Å²) in [7, 11) is 0. The molecular formula is C14H17N3O3. The van der Waals surface area contributed by atoms with Crippen LogP contribution < -0.4 is 5.32 Å². The van der Waals surface area contributed by atoms with Crippen molar-refractivity contribution < 1.29 is 14.3 Å². The van der Waals surface area contributed by atoms with Crippen molar-refractivity contribution in [2.24, 2.45) is 0 Å². The molecule has 0 radical (unpaired) electrons. The number of carboxylic acid groups (broad SMARTS) is 1. The molecule has 0 saturated heterocycles. The largest absolute Gasteiger partial charge is 0.475 e. The lowest BCUT2D eigenvalue weighted by Crippen LogP contribution is -2.33. The molecule has 6 heteroatoms. The van der Waals surface area contributed by atoms with Crippen LogP contribution in [0.4, 0.5) is 0 Å². The molecule has 2 unspecified atom stereocenters. The van der Waals surface area contributed by atoms with Crippen LogP contribution in [0.2, 0.25) is 0 Å². The topological polar surface area (TPSA) is 80.3 Å². The molecule has 106 valence electrons. The van der Waals surface area contributed by atoms with Crippen molar-refractivity contribution in [2.45, 2.75) is 37.9 Å². The van der Waals surface area contributed by atoms with E-state index in [0.717, 1.165) is 12.8 Å². The van der Waals surface area contributed by atoms with Crippen molar-refractivity contribution in [1.29, 1.82) is 0 Å². The van der Waals surface area contributed by atoms with E-state index in [-0.39, 0.29) is 5.76 Å². The van der Waals surface area contributed by atoms with E-state index in [1.165, 1.54) is 12.5 Å². The zero-order valence-corrected chi connectivity index (χ0v) is 11.0. The first-order chi connectivity index (χ1) is 9.74. The number of hydrogen-bond acceptors (Lipinski definition) is 4. The zero-order valence-electron chi connectivity index (χ0n) is 11.0. The number of aromatic carboxylic acids is 1. The SMILES string of the molecule is O=C(O)c1ccc(CNC2CCCC2n2ccnc2)o1. The maximum absolute atomic E-state index is 10.8. The molecule has 3 rings (SSSR count). The van der Waals surface area contributed by atoms with Crippen molar-refractivity contribution in [3.8, 4) is 0 Å². The average molecular weight is 275 g/mol. The second-order valence-electron chi connectivity index (χ2n) is 5.07. The highest BCUT2D eigenvalue weighted by Crippen LogP contribution is 2.30. The van der Waals surface area contributed by atoms with Crippen LogP contribution in [-0.2, 0) is 6.54 Å². The molecule has 2 aromatic heterocycles. The van der Waals surface area contributed by atoms with Crippen molar-refractivity contribution in [3.63, 3.8) is 0 Å². The Labute approximate surface area is 116 Å². The summed E-state index contributed by atoms with van der Waals surface area (Å²) in [6.45, 7) is 0.545. The van der Waals surface area contributed by atoms with Crippen molar-refractivity contribution in [3.05, 3.63) is 42.4 Å². The predicted octanol–water partition coefficient (Wildman–Crippen LogP) is 2.06. The quantitative estimate of drug-likeness (QED) is 0.873. The van der Waals surface area contributed by atoms with E-state index < -0.39 is 5.97 Å². The number of nitrogens with one attached hydrogen (secondary N) is 1. The number of carbonyl (C=O) groups is 1. The van der Waals surface area contributed by atoms with Gasteiger partial charge < -0.3 is 19.4 Å². The van der Waals surface area contributed by atoms with E-state index >= 15 is 0 Å². The van der Waals surface area contributed by atoms with Gasteiger partial charge in [-0.2, -0.15) is 0 Å². The van der Waals surface area contributed by atoms with E-state index in [2.05, 4.69) is 14.9 Å². The molecule has 20 heavy (non-hydrogen) atoms.